The fraction of sp³-hybridized carbons (Fsp3) is 0.333. The summed E-state index contributed by atoms with van der Waals surface area (Å²) in [4.78, 5) is 0. The maximum atomic E-state index is 5.50. The topological polar surface area (TPSA) is 47.0 Å². The first-order valence-corrected chi connectivity index (χ1v) is 6.35. The summed E-state index contributed by atoms with van der Waals surface area (Å²) in [5, 5.41) is 9.30. The molecule has 0 fully saturated rings. The van der Waals surface area contributed by atoms with Crippen molar-refractivity contribution >= 4 is 11.5 Å². The third kappa shape index (κ3) is 2.81. The number of ether oxygens (including phenoxy) is 1. The van der Waals surface area contributed by atoms with E-state index in [4.69, 9.17) is 4.74 Å². The molecule has 1 aromatic carbocycles. The lowest BCUT2D eigenvalue weighted by molar-refractivity contribution is 0.339. The smallest absolute Gasteiger partial charge is 0.119 e. The van der Waals surface area contributed by atoms with Crippen molar-refractivity contribution in [3.8, 4) is 5.75 Å². The van der Waals surface area contributed by atoms with Gasteiger partial charge in [0.25, 0.3) is 0 Å². The van der Waals surface area contributed by atoms with Crippen LogP contribution in [0.2, 0.25) is 0 Å². The Morgan fingerprint density at radius 2 is 2.35 bits per heavy atom. The van der Waals surface area contributed by atoms with Crippen LogP contribution in [-0.4, -0.2) is 23.2 Å². The van der Waals surface area contributed by atoms with E-state index in [1.165, 1.54) is 11.5 Å². The molecular formula is C12H15N3OS. The Hall–Kier alpha value is -1.46. The largest absolute Gasteiger partial charge is 0.494 e. The Morgan fingerprint density at radius 1 is 1.47 bits per heavy atom. The zero-order valence-electron chi connectivity index (χ0n) is 9.88. The lowest BCUT2D eigenvalue weighted by Crippen LogP contribution is -2.18. The predicted octanol–water partition coefficient (Wildman–Crippen LogP) is 2.25. The highest BCUT2D eigenvalue weighted by atomic mass is 32.1. The van der Waals surface area contributed by atoms with E-state index >= 15 is 0 Å². The van der Waals surface area contributed by atoms with Crippen LogP contribution in [0.1, 0.15) is 24.2 Å². The maximum Gasteiger partial charge on any atom is 0.119 e. The average molecular weight is 249 g/mol. The first-order chi connectivity index (χ1) is 8.35. The zero-order chi connectivity index (χ0) is 12.1. The van der Waals surface area contributed by atoms with Crippen molar-refractivity contribution in [3.63, 3.8) is 0 Å². The third-order valence-electron chi connectivity index (χ3n) is 2.46. The Kier molecular flexibility index (Phi) is 4.06. The second kappa shape index (κ2) is 5.75. The van der Waals surface area contributed by atoms with Gasteiger partial charge in [-0.1, -0.05) is 16.6 Å². The molecular weight excluding hydrogens is 234 g/mol. The first kappa shape index (κ1) is 12.0. The second-order valence-corrected chi connectivity index (χ2v) is 4.17. The molecule has 1 aromatic heterocycles. The van der Waals surface area contributed by atoms with E-state index in [0.29, 0.717) is 6.61 Å². The Morgan fingerprint density at radius 3 is 3.00 bits per heavy atom. The van der Waals surface area contributed by atoms with E-state index in [9.17, 15) is 0 Å². The Labute approximate surface area is 105 Å². The van der Waals surface area contributed by atoms with Crippen molar-refractivity contribution in [1.29, 1.82) is 0 Å². The molecule has 0 amide bonds. The Bertz CT molecular complexity index is 459. The molecule has 0 aliphatic carbocycles. The van der Waals surface area contributed by atoms with E-state index in [1.54, 1.807) is 0 Å². The van der Waals surface area contributed by atoms with Crippen molar-refractivity contribution in [2.45, 2.75) is 13.0 Å². The molecule has 17 heavy (non-hydrogen) atoms. The number of nitrogens with zero attached hydrogens (tertiary/aromatic N) is 2. The quantitative estimate of drug-likeness (QED) is 0.883. The van der Waals surface area contributed by atoms with E-state index in [0.717, 1.165) is 17.0 Å². The molecule has 0 saturated heterocycles. The summed E-state index contributed by atoms with van der Waals surface area (Å²) >= 11 is 1.36. The van der Waals surface area contributed by atoms with Crippen molar-refractivity contribution in [1.82, 2.24) is 14.9 Å². The number of nitrogens with one attached hydrogen (secondary N) is 1. The van der Waals surface area contributed by atoms with Gasteiger partial charge in [-0.05, 0) is 43.2 Å². The number of hydrogen-bond donors (Lipinski definition) is 1. The summed E-state index contributed by atoms with van der Waals surface area (Å²) in [5.74, 6) is 0.883. The maximum absolute atomic E-state index is 5.50. The van der Waals surface area contributed by atoms with E-state index in [-0.39, 0.29) is 6.04 Å². The SMILES string of the molecule is CCOc1cccc(C(NC)c2csnn2)c1. The van der Waals surface area contributed by atoms with Crippen LogP contribution < -0.4 is 10.1 Å². The van der Waals surface area contributed by atoms with Crippen molar-refractivity contribution in [2.24, 2.45) is 0 Å². The minimum Gasteiger partial charge on any atom is -0.494 e. The van der Waals surface area contributed by atoms with Gasteiger partial charge in [0.15, 0.2) is 0 Å². The average Bonchev–Trinajstić information content (AvgIpc) is 2.85. The number of rotatable bonds is 5. The lowest BCUT2D eigenvalue weighted by atomic mass is 10.0. The highest BCUT2D eigenvalue weighted by Gasteiger charge is 2.14. The first-order valence-electron chi connectivity index (χ1n) is 5.52. The Balaban J connectivity index is 2.28. The highest BCUT2D eigenvalue weighted by Crippen LogP contribution is 2.24. The van der Waals surface area contributed by atoms with Gasteiger partial charge in [0.05, 0.1) is 18.3 Å². The zero-order valence-corrected chi connectivity index (χ0v) is 10.7. The van der Waals surface area contributed by atoms with Gasteiger partial charge in [0, 0.05) is 5.38 Å². The minimum atomic E-state index is 0.0640. The van der Waals surface area contributed by atoms with Crippen molar-refractivity contribution in [3.05, 3.63) is 40.9 Å². The van der Waals surface area contributed by atoms with Crippen LogP contribution in [0.25, 0.3) is 0 Å². The van der Waals surface area contributed by atoms with Gasteiger partial charge in [-0.25, -0.2) is 0 Å². The predicted molar refractivity (Wildman–Crippen MR) is 68.4 cm³/mol. The van der Waals surface area contributed by atoms with Crippen LogP contribution in [0.4, 0.5) is 0 Å². The van der Waals surface area contributed by atoms with E-state index in [1.807, 2.05) is 37.6 Å². The number of benzene rings is 1. The minimum absolute atomic E-state index is 0.0640. The summed E-state index contributed by atoms with van der Waals surface area (Å²) in [6.07, 6.45) is 0. The van der Waals surface area contributed by atoms with E-state index in [2.05, 4.69) is 21.0 Å². The molecule has 2 rings (SSSR count). The molecule has 90 valence electrons. The second-order valence-electron chi connectivity index (χ2n) is 3.56. The van der Waals surface area contributed by atoms with Crippen LogP contribution >= 0.6 is 11.5 Å². The fourth-order valence-electron chi connectivity index (χ4n) is 1.73. The van der Waals surface area contributed by atoms with Crippen LogP contribution in [0.3, 0.4) is 0 Å². The molecule has 0 spiro atoms. The molecule has 1 atom stereocenters. The molecule has 2 aromatic rings. The standard InChI is InChI=1S/C12H15N3OS/c1-3-16-10-6-4-5-9(7-10)12(13-2)11-8-17-15-14-11/h4-8,12-13H,3H2,1-2H3. The summed E-state index contributed by atoms with van der Waals surface area (Å²) in [7, 11) is 1.91. The monoisotopic (exact) mass is 249 g/mol. The molecule has 0 aliphatic rings. The van der Waals surface area contributed by atoms with Gasteiger partial charge in [-0.3, -0.25) is 0 Å². The van der Waals surface area contributed by atoms with Crippen LogP contribution in [0.5, 0.6) is 5.75 Å². The van der Waals surface area contributed by atoms with Crippen LogP contribution in [0.15, 0.2) is 29.6 Å². The fourth-order valence-corrected chi connectivity index (χ4v) is 2.21. The van der Waals surface area contributed by atoms with E-state index < -0.39 is 0 Å². The summed E-state index contributed by atoms with van der Waals surface area (Å²) in [5.41, 5.74) is 2.07. The molecule has 1 unspecified atom stereocenters. The summed E-state index contributed by atoms with van der Waals surface area (Å²) < 4.78 is 9.39. The van der Waals surface area contributed by atoms with Gasteiger partial charge in [0.1, 0.15) is 5.75 Å². The summed E-state index contributed by atoms with van der Waals surface area (Å²) in [6.45, 7) is 2.65. The molecule has 0 bridgehead atoms. The molecule has 0 radical (unpaired) electrons. The van der Waals surface area contributed by atoms with Gasteiger partial charge >= 0.3 is 0 Å². The van der Waals surface area contributed by atoms with Crippen molar-refractivity contribution < 1.29 is 4.74 Å². The normalized spacial score (nSPS) is 12.4. The number of hydrogen-bond acceptors (Lipinski definition) is 5. The van der Waals surface area contributed by atoms with Crippen LogP contribution in [0, 0.1) is 0 Å². The lowest BCUT2D eigenvalue weighted by Gasteiger charge is -2.14. The molecule has 4 nitrogen and oxygen atoms in total. The van der Waals surface area contributed by atoms with Crippen LogP contribution in [-0.2, 0) is 0 Å². The van der Waals surface area contributed by atoms with Gasteiger partial charge in [0.2, 0.25) is 0 Å². The highest BCUT2D eigenvalue weighted by molar-refractivity contribution is 7.03. The molecule has 1 N–H and O–H groups in total. The molecule has 5 heteroatoms. The number of aromatic nitrogens is 2. The summed E-state index contributed by atoms with van der Waals surface area (Å²) in [6, 6.07) is 8.10. The van der Waals surface area contributed by atoms with Gasteiger partial charge in [-0.15, -0.1) is 5.10 Å². The van der Waals surface area contributed by atoms with Gasteiger partial charge < -0.3 is 10.1 Å². The third-order valence-corrected chi connectivity index (χ3v) is 2.99. The van der Waals surface area contributed by atoms with Crippen molar-refractivity contribution in [2.75, 3.05) is 13.7 Å². The molecule has 0 saturated carbocycles. The van der Waals surface area contributed by atoms with Gasteiger partial charge in [-0.2, -0.15) is 0 Å². The molecule has 1 heterocycles. The molecule has 0 aliphatic heterocycles.